The summed E-state index contributed by atoms with van der Waals surface area (Å²) < 4.78 is 5.71. The lowest BCUT2D eigenvalue weighted by molar-refractivity contribution is 0.355. The molecule has 0 saturated carbocycles. The molecule has 86 valence electrons. The van der Waals surface area contributed by atoms with Crippen LogP contribution in [0, 0.1) is 13.8 Å². The Bertz CT molecular complexity index is 596. The number of nitrogens with one attached hydrogen (secondary N) is 1. The predicted octanol–water partition coefficient (Wildman–Crippen LogP) is 2.85. The molecule has 1 aromatic carbocycles. The molecule has 0 bridgehead atoms. The molecule has 0 atom stereocenters. The van der Waals surface area contributed by atoms with Gasteiger partial charge in [0.05, 0.1) is 12.0 Å². The van der Waals surface area contributed by atoms with Crippen LogP contribution in [0.4, 0.5) is 0 Å². The van der Waals surface area contributed by atoms with Gasteiger partial charge in [-0.2, -0.15) is 0 Å². The molecule has 0 saturated heterocycles. The zero-order valence-electron chi connectivity index (χ0n) is 9.95. The smallest absolute Gasteiger partial charge is 0.130 e. The van der Waals surface area contributed by atoms with Crippen molar-refractivity contribution in [2.75, 3.05) is 6.61 Å². The average molecular weight is 226 g/mol. The van der Waals surface area contributed by atoms with E-state index >= 15 is 0 Å². The largest absolute Gasteiger partial charge is 0.489 e. The van der Waals surface area contributed by atoms with Gasteiger partial charge in [0.1, 0.15) is 12.4 Å². The molecule has 17 heavy (non-hydrogen) atoms. The van der Waals surface area contributed by atoms with Gasteiger partial charge in [0.25, 0.3) is 0 Å². The molecule has 3 nitrogen and oxygen atoms in total. The Kier molecular flexibility index (Phi) is 2.25. The fraction of sp³-hybridized carbons (Fsp3) is 0.214. The highest BCUT2D eigenvalue weighted by atomic mass is 16.5. The Balaban J connectivity index is 2.19. The van der Waals surface area contributed by atoms with Gasteiger partial charge in [0, 0.05) is 16.8 Å². The number of aryl methyl sites for hydroxylation is 2. The number of imidazole rings is 1. The van der Waals surface area contributed by atoms with Gasteiger partial charge in [-0.05, 0) is 25.5 Å². The van der Waals surface area contributed by atoms with Gasteiger partial charge in [-0.1, -0.05) is 18.2 Å². The van der Waals surface area contributed by atoms with Gasteiger partial charge >= 0.3 is 0 Å². The number of hydrogen-bond donors (Lipinski definition) is 1. The number of para-hydroxylation sites is 1. The molecule has 2 aromatic rings. The van der Waals surface area contributed by atoms with Crippen molar-refractivity contribution in [3.8, 4) is 5.75 Å². The number of hydrogen-bond acceptors (Lipinski definition) is 2. The number of H-pyrrole nitrogens is 1. The molecule has 0 radical (unpaired) electrons. The van der Waals surface area contributed by atoms with Crippen molar-refractivity contribution in [1.82, 2.24) is 9.97 Å². The molecule has 2 heterocycles. The van der Waals surface area contributed by atoms with Crippen molar-refractivity contribution < 1.29 is 4.74 Å². The minimum Gasteiger partial charge on any atom is -0.489 e. The fourth-order valence-electron chi connectivity index (χ4n) is 2.23. The number of fused-ring (bicyclic) bond motifs is 1. The van der Waals surface area contributed by atoms with E-state index in [-0.39, 0.29) is 0 Å². The second-order valence-electron chi connectivity index (χ2n) is 4.26. The highest BCUT2D eigenvalue weighted by Gasteiger charge is 2.19. The topological polar surface area (TPSA) is 37.9 Å². The van der Waals surface area contributed by atoms with Crippen molar-refractivity contribution in [1.29, 1.82) is 0 Å². The third-order valence-electron chi connectivity index (χ3n) is 3.10. The van der Waals surface area contributed by atoms with Gasteiger partial charge in [-0.3, -0.25) is 0 Å². The van der Waals surface area contributed by atoms with Crippen LogP contribution in [0.15, 0.2) is 30.6 Å². The molecule has 0 fully saturated rings. The van der Waals surface area contributed by atoms with E-state index in [1.807, 2.05) is 6.92 Å². The second-order valence-corrected chi connectivity index (χ2v) is 4.26. The summed E-state index contributed by atoms with van der Waals surface area (Å²) in [4.78, 5) is 7.51. The Hall–Kier alpha value is -2.03. The summed E-state index contributed by atoms with van der Waals surface area (Å²) in [5.74, 6) is 0.979. The summed E-state index contributed by atoms with van der Waals surface area (Å²) >= 11 is 0. The summed E-state index contributed by atoms with van der Waals surface area (Å²) in [5.41, 5.74) is 5.56. The Morgan fingerprint density at radius 1 is 1.29 bits per heavy atom. The first-order valence-electron chi connectivity index (χ1n) is 5.70. The van der Waals surface area contributed by atoms with Crippen molar-refractivity contribution in [2.24, 2.45) is 0 Å². The van der Waals surface area contributed by atoms with Crippen molar-refractivity contribution >= 4 is 5.57 Å². The maximum atomic E-state index is 5.71. The third kappa shape index (κ3) is 1.55. The van der Waals surface area contributed by atoms with E-state index in [9.17, 15) is 0 Å². The molecule has 0 unspecified atom stereocenters. The molecule has 1 aliphatic heterocycles. The first-order chi connectivity index (χ1) is 8.27. The van der Waals surface area contributed by atoms with E-state index < -0.39 is 0 Å². The lowest BCUT2D eigenvalue weighted by atomic mass is 9.96. The lowest BCUT2D eigenvalue weighted by Crippen LogP contribution is -2.07. The van der Waals surface area contributed by atoms with Gasteiger partial charge in [-0.25, -0.2) is 4.98 Å². The van der Waals surface area contributed by atoms with Crippen LogP contribution in [-0.2, 0) is 0 Å². The van der Waals surface area contributed by atoms with Crippen molar-refractivity contribution in [3.05, 3.63) is 53.1 Å². The SMILES string of the molecule is Cc1cccc2c1OCC=C2c1nc[nH]c1C. The number of nitrogens with zero attached hydrogens (tertiary/aromatic N) is 1. The third-order valence-corrected chi connectivity index (χ3v) is 3.10. The predicted molar refractivity (Wildman–Crippen MR) is 67.1 cm³/mol. The number of benzene rings is 1. The average Bonchev–Trinajstić information content (AvgIpc) is 2.75. The number of aromatic amines is 1. The molecule has 0 aliphatic carbocycles. The summed E-state index contributed by atoms with van der Waals surface area (Å²) in [5, 5.41) is 0. The Labute approximate surface area is 100 Å². The molecule has 1 aromatic heterocycles. The minimum atomic E-state index is 0.611. The summed E-state index contributed by atoms with van der Waals surface area (Å²) in [6, 6.07) is 6.21. The molecule has 1 aliphatic rings. The molecular formula is C14H14N2O. The number of rotatable bonds is 1. The van der Waals surface area contributed by atoms with E-state index in [0.29, 0.717) is 6.61 Å². The Morgan fingerprint density at radius 2 is 2.18 bits per heavy atom. The maximum Gasteiger partial charge on any atom is 0.130 e. The van der Waals surface area contributed by atoms with E-state index in [4.69, 9.17) is 4.74 Å². The van der Waals surface area contributed by atoms with E-state index in [2.05, 4.69) is 41.2 Å². The fourth-order valence-corrected chi connectivity index (χ4v) is 2.23. The highest BCUT2D eigenvalue weighted by molar-refractivity contribution is 5.83. The highest BCUT2D eigenvalue weighted by Crippen LogP contribution is 2.36. The van der Waals surface area contributed by atoms with Crippen LogP contribution in [0.3, 0.4) is 0 Å². The number of ether oxygens (including phenoxy) is 1. The molecular weight excluding hydrogens is 212 g/mol. The van der Waals surface area contributed by atoms with Crippen LogP contribution in [0.5, 0.6) is 5.75 Å². The molecule has 3 heteroatoms. The van der Waals surface area contributed by atoms with Crippen LogP contribution >= 0.6 is 0 Å². The molecule has 0 spiro atoms. The zero-order chi connectivity index (χ0) is 11.8. The zero-order valence-corrected chi connectivity index (χ0v) is 9.95. The second kappa shape index (κ2) is 3.77. The van der Waals surface area contributed by atoms with Gasteiger partial charge in [-0.15, -0.1) is 0 Å². The van der Waals surface area contributed by atoms with Crippen molar-refractivity contribution in [3.63, 3.8) is 0 Å². The summed E-state index contributed by atoms with van der Waals surface area (Å²) in [7, 11) is 0. The maximum absolute atomic E-state index is 5.71. The normalized spacial score (nSPS) is 13.9. The minimum absolute atomic E-state index is 0.611. The van der Waals surface area contributed by atoms with Crippen molar-refractivity contribution in [2.45, 2.75) is 13.8 Å². The number of aromatic nitrogens is 2. The van der Waals surface area contributed by atoms with Crippen LogP contribution < -0.4 is 4.74 Å². The van der Waals surface area contributed by atoms with Crippen LogP contribution in [0.1, 0.15) is 22.5 Å². The van der Waals surface area contributed by atoms with Gasteiger partial charge in [0.2, 0.25) is 0 Å². The molecule has 0 amide bonds. The quantitative estimate of drug-likeness (QED) is 0.812. The summed E-state index contributed by atoms with van der Waals surface area (Å²) in [6.07, 6.45) is 3.82. The monoisotopic (exact) mass is 226 g/mol. The van der Waals surface area contributed by atoms with E-state index in [1.54, 1.807) is 6.33 Å². The van der Waals surface area contributed by atoms with Crippen LogP contribution in [0.25, 0.3) is 5.57 Å². The van der Waals surface area contributed by atoms with Gasteiger partial charge < -0.3 is 9.72 Å². The first kappa shape index (κ1) is 10.1. The van der Waals surface area contributed by atoms with E-state index in [1.165, 1.54) is 5.56 Å². The molecule has 1 N–H and O–H groups in total. The first-order valence-corrected chi connectivity index (χ1v) is 5.70. The lowest BCUT2D eigenvalue weighted by Gasteiger charge is -2.19. The standard InChI is InChI=1S/C14H14N2O/c1-9-4-3-5-12-11(6-7-17-14(9)12)13-10(2)15-8-16-13/h3-6,8H,7H2,1-2H3,(H,15,16). The van der Waals surface area contributed by atoms with Crippen LogP contribution in [-0.4, -0.2) is 16.6 Å². The van der Waals surface area contributed by atoms with E-state index in [0.717, 1.165) is 28.3 Å². The summed E-state index contributed by atoms with van der Waals surface area (Å²) in [6.45, 7) is 4.72. The van der Waals surface area contributed by atoms with Gasteiger partial charge in [0.15, 0.2) is 0 Å². The molecule has 3 rings (SSSR count). The Morgan fingerprint density at radius 3 is 2.94 bits per heavy atom. The van der Waals surface area contributed by atoms with Crippen LogP contribution in [0.2, 0.25) is 0 Å².